The lowest BCUT2D eigenvalue weighted by Gasteiger charge is -2.43. The fourth-order valence-electron chi connectivity index (χ4n) is 5.67. The van der Waals surface area contributed by atoms with Crippen LogP contribution in [0.1, 0.15) is 29.3 Å². The first-order chi connectivity index (χ1) is 18.1. The molecule has 8 heteroatoms. The standard InChI is InChI=1S/C29H27N5O3/c30-26(25-22(35)16-23(37-25)34-18-33-24-27(34)31-17-32-28(24)36)29(19-10-4-1-5-11-19,20-12-6-2-7-13-20)21-14-8-3-9-15-21/h1-15,17-18,22-23,25-26,35H,16,30H2,(H,31,32,36)/t22?,23-,25+,26?/m1/s1. The van der Waals surface area contributed by atoms with E-state index in [9.17, 15) is 9.90 Å². The number of hydrogen-bond donors (Lipinski definition) is 3. The predicted octanol–water partition coefficient (Wildman–Crippen LogP) is 3.13. The van der Waals surface area contributed by atoms with Crippen molar-refractivity contribution in [1.82, 2.24) is 19.5 Å². The number of fused-ring (bicyclic) bond motifs is 1. The topological polar surface area (TPSA) is 119 Å². The number of rotatable bonds is 6. The molecule has 1 aliphatic heterocycles. The van der Waals surface area contributed by atoms with Gasteiger partial charge in [-0.25, -0.2) is 9.97 Å². The van der Waals surface area contributed by atoms with Crippen LogP contribution in [0, 0.1) is 0 Å². The van der Waals surface area contributed by atoms with Crippen molar-refractivity contribution in [2.24, 2.45) is 5.73 Å². The van der Waals surface area contributed by atoms with E-state index in [1.165, 1.54) is 12.7 Å². The van der Waals surface area contributed by atoms with Crippen LogP contribution in [-0.2, 0) is 10.2 Å². The summed E-state index contributed by atoms with van der Waals surface area (Å²) >= 11 is 0. The molecular formula is C29H27N5O3. The second-order valence-corrected chi connectivity index (χ2v) is 9.35. The van der Waals surface area contributed by atoms with Crippen molar-refractivity contribution in [3.63, 3.8) is 0 Å². The summed E-state index contributed by atoms with van der Waals surface area (Å²) < 4.78 is 8.18. The van der Waals surface area contributed by atoms with Gasteiger partial charge in [0.15, 0.2) is 11.2 Å². The second kappa shape index (κ2) is 9.40. The number of imidazole rings is 1. The third-order valence-electron chi connectivity index (χ3n) is 7.35. The molecule has 8 nitrogen and oxygen atoms in total. The monoisotopic (exact) mass is 493 g/mol. The van der Waals surface area contributed by atoms with E-state index in [2.05, 4.69) is 51.4 Å². The lowest BCUT2D eigenvalue weighted by Crippen LogP contribution is -2.56. The van der Waals surface area contributed by atoms with E-state index in [-0.39, 0.29) is 17.5 Å². The zero-order chi connectivity index (χ0) is 25.4. The number of nitrogens with two attached hydrogens (primary N) is 1. The van der Waals surface area contributed by atoms with Crippen LogP contribution in [0.15, 0.2) is 108 Å². The van der Waals surface area contributed by atoms with Crippen molar-refractivity contribution in [2.75, 3.05) is 0 Å². The van der Waals surface area contributed by atoms with Gasteiger partial charge in [-0.15, -0.1) is 0 Å². The number of ether oxygens (including phenoxy) is 1. The first-order valence-electron chi connectivity index (χ1n) is 12.3. The summed E-state index contributed by atoms with van der Waals surface area (Å²) in [6.45, 7) is 0. The molecule has 0 aliphatic carbocycles. The summed E-state index contributed by atoms with van der Waals surface area (Å²) in [7, 11) is 0. The van der Waals surface area contributed by atoms with Gasteiger partial charge in [0.25, 0.3) is 5.56 Å². The Morgan fingerprint density at radius 1 is 0.919 bits per heavy atom. The Hall–Kier alpha value is -4.11. The van der Waals surface area contributed by atoms with Crippen molar-refractivity contribution in [2.45, 2.75) is 36.3 Å². The average molecular weight is 494 g/mol. The van der Waals surface area contributed by atoms with Crippen LogP contribution in [0.3, 0.4) is 0 Å². The number of nitrogens with one attached hydrogen (secondary N) is 1. The highest BCUT2D eigenvalue weighted by atomic mass is 16.5. The van der Waals surface area contributed by atoms with Gasteiger partial charge in [-0.3, -0.25) is 9.36 Å². The summed E-state index contributed by atoms with van der Waals surface area (Å²) in [5, 5.41) is 11.3. The highest BCUT2D eigenvalue weighted by Gasteiger charge is 2.51. The van der Waals surface area contributed by atoms with Gasteiger partial charge < -0.3 is 20.6 Å². The quantitative estimate of drug-likeness (QED) is 0.313. The van der Waals surface area contributed by atoms with Crippen molar-refractivity contribution < 1.29 is 9.84 Å². The number of aliphatic hydroxyl groups excluding tert-OH is 1. The molecule has 3 aromatic carbocycles. The van der Waals surface area contributed by atoms with Gasteiger partial charge in [0, 0.05) is 6.42 Å². The Balaban J connectivity index is 1.48. The molecule has 0 saturated carbocycles. The van der Waals surface area contributed by atoms with Gasteiger partial charge in [0.1, 0.15) is 12.3 Å². The van der Waals surface area contributed by atoms with Crippen LogP contribution in [0.5, 0.6) is 0 Å². The van der Waals surface area contributed by atoms with Crippen molar-refractivity contribution in [3.8, 4) is 0 Å². The number of nitrogens with zero attached hydrogens (tertiary/aromatic N) is 3. The van der Waals surface area contributed by atoms with Gasteiger partial charge >= 0.3 is 0 Å². The average Bonchev–Trinajstić information content (AvgIpc) is 3.55. The minimum atomic E-state index is -0.852. The van der Waals surface area contributed by atoms with Gasteiger partial charge in [-0.05, 0) is 16.7 Å². The molecule has 6 rings (SSSR count). The number of aromatic nitrogens is 4. The number of aromatic amines is 1. The minimum Gasteiger partial charge on any atom is -0.390 e. The molecule has 0 spiro atoms. The Labute approximate surface area is 213 Å². The molecule has 2 unspecified atom stereocenters. The molecule has 3 heterocycles. The summed E-state index contributed by atoms with van der Waals surface area (Å²) in [5.41, 5.74) is 9.70. The Morgan fingerprint density at radius 3 is 2.00 bits per heavy atom. The summed E-state index contributed by atoms with van der Waals surface area (Å²) in [6, 6.07) is 29.7. The van der Waals surface area contributed by atoms with Crippen molar-refractivity contribution in [3.05, 3.63) is 131 Å². The maximum absolute atomic E-state index is 12.2. The maximum Gasteiger partial charge on any atom is 0.278 e. The largest absolute Gasteiger partial charge is 0.390 e. The summed E-state index contributed by atoms with van der Waals surface area (Å²) in [4.78, 5) is 23.2. The minimum absolute atomic E-state index is 0.223. The molecule has 37 heavy (non-hydrogen) atoms. The Morgan fingerprint density at radius 2 is 1.46 bits per heavy atom. The highest BCUT2D eigenvalue weighted by Crippen LogP contribution is 2.45. The zero-order valence-corrected chi connectivity index (χ0v) is 20.0. The number of aliphatic hydroxyl groups is 1. The van der Waals surface area contributed by atoms with Crippen LogP contribution >= 0.6 is 0 Å². The van der Waals surface area contributed by atoms with Gasteiger partial charge in [0.2, 0.25) is 0 Å². The van der Waals surface area contributed by atoms with E-state index in [1.807, 2.05) is 54.6 Å². The zero-order valence-electron chi connectivity index (χ0n) is 20.0. The molecule has 4 atom stereocenters. The van der Waals surface area contributed by atoms with E-state index in [4.69, 9.17) is 10.5 Å². The van der Waals surface area contributed by atoms with Crippen LogP contribution in [0.4, 0.5) is 0 Å². The van der Waals surface area contributed by atoms with Gasteiger partial charge in [-0.2, -0.15) is 0 Å². The fourth-order valence-corrected chi connectivity index (χ4v) is 5.67. The molecule has 186 valence electrons. The first kappa shape index (κ1) is 23.3. The first-order valence-corrected chi connectivity index (χ1v) is 12.3. The van der Waals surface area contributed by atoms with Crippen molar-refractivity contribution in [1.29, 1.82) is 0 Å². The molecule has 2 aromatic heterocycles. The smallest absolute Gasteiger partial charge is 0.278 e. The van der Waals surface area contributed by atoms with E-state index in [0.29, 0.717) is 5.65 Å². The third-order valence-corrected chi connectivity index (χ3v) is 7.35. The molecule has 4 N–H and O–H groups in total. The maximum atomic E-state index is 12.2. The van der Waals surface area contributed by atoms with Gasteiger partial charge in [-0.1, -0.05) is 91.0 Å². The predicted molar refractivity (Wildman–Crippen MR) is 140 cm³/mol. The number of hydrogen-bond acceptors (Lipinski definition) is 6. The lowest BCUT2D eigenvalue weighted by molar-refractivity contribution is -0.0374. The molecule has 0 radical (unpaired) electrons. The number of benzene rings is 3. The van der Waals surface area contributed by atoms with Crippen LogP contribution < -0.4 is 11.3 Å². The molecule has 1 aliphatic rings. The van der Waals surface area contributed by atoms with Crippen LogP contribution in [-0.4, -0.2) is 42.9 Å². The van der Waals surface area contributed by atoms with E-state index >= 15 is 0 Å². The number of H-pyrrole nitrogens is 1. The van der Waals surface area contributed by atoms with Crippen LogP contribution in [0.25, 0.3) is 11.2 Å². The molecule has 0 bridgehead atoms. The molecule has 5 aromatic rings. The highest BCUT2D eigenvalue weighted by molar-refractivity contribution is 5.68. The normalized spacial score (nSPS) is 20.8. The Bertz CT molecular complexity index is 1460. The lowest BCUT2D eigenvalue weighted by atomic mass is 9.63. The second-order valence-electron chi connectivity index (χ2n) is 9.35. The molecule has 0 amide bonds. The van der Waals surface area contributed by atoms with Crippen LogP contribution in [0.2, 0.25) is 0 Å². The molecule has 1 saturated heterocycles. The SMILES string of the molecule is NC([C@H]1O[C@@H](n2cnc3c(=O)[nH]cnc32)CC1O)C(c1ccccc1)(c1ccccc1)c1ccccc1. The Kier molecular flexibility index (Phi) is 5.92. The fraction of sp³-hybridized carbons (Fsp3) is 0.207. The summed E-state index contributed by atoms with van der Waals surface area (Å²) in [5.74, 6) is 0. The van der Waals surface area contributed by atoms with E-state index < -0.39 is 29.9 Å². The van der Waals surface area contributed by atoms with Crippen molar-refractivity contribution >= 4 is 11.2 Å². The summed E-state index contributed by atoms with van der Waals surface area (Å²) in [6.07, 6.45) is 0.998. The molecule has 1 fully saturated rings. The van der Waals surface area contributed by atoms with Gasteiger partial charge in [0.05, 0.1) is 30.2 Å². The van der Waals surface area contributed by atoms with E-state index in [0.717, 1.165) is 16.7 Å². The van der Waals surface area contributed by atoms with E-state index in [1.54, 1.807) is 4.57 Å². The molecular weight excluding hydrogens is 466 g/mol. The third kappa shape index (κ3) is 3.77.